The molecule has 3 heterocycles. The molecule has 1 aromatic heterocycles. The Kier molecular flexibility index (Phi) is 4.38. The number of rotatable bonds is 2. The molecule has 1 atom stereocenters. The van der Waals surface area contributed by atoms with Crippen LogP contribution in [0.2, 0.25) is 0 Å². The van der Waals surface area contributed by atoms with Crippen LogP contribution in [0.1, 0.15) is 41.9 Å². The topological polar surface area (TPSA) is 84.5 Å². The summed E-state index contributed by atoms with van der Waals surface area (Å²) >= 11 is 0. The van der Waals surface area contributed by atoms with Gasteiger partial charge in [-0.1, -0.05) is 0 Å². The molecule has 2 N–H and O–H groups in total. The smallest absolute Gasteiger partial charge is 0.274 e. The van der Waals surface area contributed by atoms with Crippen LogP contribution in [0.3, 0.4) is 0 Å². The van der Waals surface area contributed by atoms with Crippen LogP contribution < -0.4 is 5.73 Å². The van der Waals surface area contributed by atoms with E-state index in [0.29, 0.717) is 18.8 Å². The normalized spacial score (nSPS) is 24.3. The Morgan fingerprint density at radius 2 is 1.88 bits per heavy atom. The SMILES string of the molecule is Cc1cc(C(=O)N2CCC3(CCCN(C)C3C(N)=O)CC2)nn1C. The molecule has 1 unspecified atom stereocenters. The lowest BCUT2D eigenvalue weighted by molar-refractivity contribution is -0.132. The molecule has 3 rings (SSSR count). The quantitative estimate of drug-likeness (QED) is 0.856. The Bertz CT molecular complexity index is 626. The highest BCUT2D eigenvalue weighted by Gasteiger charge is 2.48. The number of aromatic nitrogens is 2. The first kappa shape index (κ1) is 17.0. The second-order valence-corrected chi connectivity index (χ2v) is 7.34. The molecule has 0 aromatic carbocycles. The van der Waals surface area contributed by atoms with Crippen molar-refractivity contribution in [2.24, 2.45) is 18.2 Å². The lowest BCUT2D eigenvalue weighted by Gasteiger charge is -2.51. The molecule has 0 saturated carbocycles. The average molecular weight is 333 g/mol. The van der Waals surface area contributed by atoms with Crippen LogP contribution in [0.4, 0.5) is 0 Å². The lowest BCUT2D eigenvalue weighted by Crippen LogP contribution is -2.60. The number of piperidine rings is 2. The van der Waals surface area contributed by atoms with Crippen molar-refractivity contribution >= 4 is 11.8 Å². The molecular weight excluding hydrogens is 306 g/mol. The van der Waals surface area contributed by atoms with Crippen LogP contribution >= 0.6 is 0 Å². The van der Waals surface area contributed by atoms with Crippen molar-refractivity contribution in [3.8, 4) is 0 Å². The highest BCUT2D eigenvalue weighted by atomic mass is 16.2. The molecule has 2 fully saturated rings. The maximum absolute atomic E-state index is 12.7. The average Bonchev–Trinajstić information content (AvgIpc) is 2.86. The minimum absolute atomic E-state index is 0.0201. The number of likely N-dealkylation sites (N-methyl/N-ethyl adjacent to an activating group) is 1. The fraction of sp³-hybridized carbons (Fsp3) is 0.706. The van der Waals surface area contributed by atoms with Crippen LogP contribution in [0.5, 0.6) is 0 Å². The van der Waals surface area contributed by atoms with E-state index in [2.05, 4.69) is 10.00 Å². The minimum atomic E-state index is -0.239. The summed E-state index contributed by atoms with van der Waals surface area (Å²) in [6, 6.07) is 1.61. The Morgan fingerprint density at radius 1 is 1.21 bits per heavy atom. The number of hydrogen-bond donors (Lipinski definition) is 1. The van der Waals surface area contributed by atoms with E-state index in [1.165, 1.54) is 0 Å². The van der Waals surface area contributed by atoms with Crippen molar-refractivity contribution in [2.75, 3.05) is 26.7 Å². The van der Waals surface area contributed by atoms with Crippen LogP contribution in [-0.2, 0) is 11.8 Å². The van der Waals surface area contributed by atoms with Gasteiger partial charge in [0.05, 0.1) is 6.04 Å². The summed E-state index contributed by atoms with van der Waals surface area (Å²) in [7, 11) is 3.82. The van der Waals surface area contributed by atoms with Gasteiger partial charge in [-0.2, -0.15) is 5.10 Å². The number of nitrogens with two attached hydrogens (primary N) is 1. The summed E-state index contributed by atoms with van der Waals surface area (Å²) in [5.41, 5.74) is 7.07. The molecule has 24 heavy (non-hydrogen) atoms. The first-order valence-electron chi connectivity index (χ1n) is 8.63. The van der Waals surface area contributed by atoms with Crippen molar-refractivity contribution in [3.63, 3.8) is 0 Å². The van der Waals surface area contributed by atoms with E-state index in [0.717, 1.165) is 37.9 Å². The van der Waals surface area contributed by atoms with Gasteiger partial charge in [0, 0.05) is 25.8 Å². The van der Waals surface area contributed by atoms with Gasteiger partial charge in [-0.15, -0.1) is 0 Å². The van der Waals surface area contributed by atoms with Gasteiger partial charge < -0.3 is 10.6 Å². The lowest BCUT2D eigenvalue weighted by atomic mass is 9.66. The van der Waals surface area contributed by atoms with Gasteiger partial charge in [0.2, 0.25) is 5.91 Å². The first-order valence-corrected chi connectivity index (χ1v) is 8.63. The first-order chi connectivity index (χ1) is 11.3. The maximum Gasteiger partial charge on any atom is 0.274 e. The van der Waals surface area contributed by atoms with Gasteiger partial charge in [-0.25, -0.2) is 0 Å². The number of likely N-dealkylation sites (tertiary alicyclic amines) is 2. The second-order valence-electron chi connectivity index (χ2n) is 7.34. The molecule has 7 nitrogen and oxygen atoms in total. The molecular formula is C17H27N5O2. The van der Waals surface area contributed by atoms with Crippen LogP contribution in [-0.4, -0.2) is 64.1 Å². The van der Waals surface area contributed by atoms with E-state index in [1.54, 1.807) is 4.68 Å². The third-order valence-electron chi connectivity index (χ3n) is 5.86. The van der Waals surface area contributed by atoms with Gasteiger partial charge >= 0.3 is 0 Å². The molecule has 0 radical (unpaired) electrons. The molecule has 2 saturated heterocycles. The zero-order valence-electron chi connectivity index (χ0n) is 14.8. The number of carbonyl (C=O) groups excluding carboxylic acids is 2. The predicted molar refractivity (Wildman–Crippen MR) is 90.4 cm³/mol. The molecule has 2 aliphatic heterocycles. The van der Waals surface area contributed by atoms with Crippen LogP contribution in [0, 0.1) is 12.3 Å². The summed E-state index contributed by atoms with van der Waals surface area (Å²) in [4.78, 5) is 28.6. The van der Waals surface area contributed by atoms with Gasteiger partial charge in [0.25, 0.3) is 5.91 Å². The predicted octanol–water partition coefficient (Wildman–Crippen LogP) is 0.530. The van der Waals surface area contributed by atoms with Crippen molar-refractivity contribution in [3.05, 3.63) is 17.5 Å². The molecule has 2 aliphatic rings. The fourth-order valence-corrected chi connectivity index (χ4v) is 4.44. The van der Waals surface area contributed by atoms with Crippen molar-refractivity contribution in [1.29, 1.82) is 0 Å². The van der Waals surface area contributed by atoms with Crippen molar-refractivity contribution in [1.82, 2.24) is 19.6 Å². The summed E-state index contributed by atoms with van der Waals surface area (Å²) in [6.07, 6.45) is 3.73. The second kappa shape index (κ2) is 6.20. The zero-order valence-corrected chi connectivity index (χ0v) is 14.8. The third kappa shape index (κ3) is 2.81. The van der Waals surface area contributed by atoms with Crippen molar-refractivity contribution < 1.29 is 9.59 Å². The number of primary amides is 1. The monoisotopic (exact) mass is 333 g/mol. The van der Waals surface area contributed by atoms with Gasteiger partial charge in [-0.3, -0.25) is 19.2 Å². The van der Waals surface area contributed by atoms with E-state index in [-0.39, 0.29) is 23.3 Å². The minimum Gasteiger partial charge on any atom is -0.368 e. The summed E-state index contributed by atoms with van der Waals surface area (Å²) in [5.74, 6) is -0.259. The Labute approximate surface area is 142 Å². The molecule has 2 amide bonds. The van der Waals surface area contributed by atoms with Gasteiger partial charge in [0.1, 0.15) is 0 Å². The maximum atomic E-state index is 12.7. The largest absolute Gasteiger partial charge is 0.368 e. The zero-order chi connectivity index (χ0) is 17.5. The van der Waals surface area contributed by atoms with Crippen LogP contribution in [0.15, 0.2) is 6.07 Å². The number of hydrogen-bond acceptors (Lipinski definition) is 4. The summed E-state index contributed by atoms with van der Waals surface area (Å²) < 4.78 is 1.72. The van der Waals surface area contributed by atoms with Crippen LogP contribution in [0.25, 0.3) is 0 Å². The van der Waals surface area contributed by atoms with E-state index in [9.17, 15) is 9.59 Å². The Hall–Kier alpha value is -1.89. The highest BCUT2D eigenvalue weighted by molar-refractivity contribution is 5.92. The summed E-state index contributed by atoms with van der Waals surface area (Å²) in [5, 5.41) is 4.29. The standard InChI is InChI=1S/C17H27N5O2/c1-12-11-13(19-21(12)3)16(24)22-9-6-17(7-10-22)5-4-8-20(2)14(17)15(18)23/h11,14H,4-10H2,1-3H3,(H2,18,23). The van der Waals surface area contributed by atoms with Gasteiger partial charge in [-0.05, 0) is 57.7 Å². The van der Waals surface area contributed by atoms with E-state index in [1.807, 2.05) is 32.0 Å². The van der Waals surface area contributed by atoms with Gasteiger partial charge in [0.15, 0.2) is 5.69 Å². The Balaban J connectivity index is 1.72. The fourth-order valence-electron chi connectivity index (χ4n) is 4.44. The number of aryl methyl sites for hydroxylation is 2. The highest BCUT2D eigenvalue weighted by Crippen LogP contribution is 2.44. The molecule has 1 spiro atoms. The van der Waals surface area contributed by atoms with E-state index >= 15 is 0 Å². The third-order valence-corrected chi connectivity index (χ3v) is 5.86. The molecule has 1 aromatic rings. The molecule has 0 aliphatic carbocycles. The molecule has 0 bridgehead atoms. The van der Waals surface area contributed by atoms with Crippen molar-refractivity contribution in [2.45, 2.75) is 38.6 Å². The van der Waals surface area contributed by atoms with E-state index in [4.69, 9.17) is 5.73 Å². The number of nitrogens with zero attached hydrogens (tertiary/aromatic N) is 4. The molecule has 7 heteroatoms. The number of carbonyl (C=O) groups is 2. The molecule has 132 valence electrons. The van der Waals surface area contributed by atoms with E-state index < -0.39 is 0 Å². The Morgan fingerprint density at radius 3 is 2.42 bits per heavy atom. The number of amides is 2. The summed E-state index contributed by atoms with van der Waals surface area (Å²) in [6.45, 7) is 4.16.